The third-order valence-electron chi connectivity index (χ3n) is 4.04. The van der Waals surface area contributed by atoms with E-state index in [9.17, 15) is 4.79 Å². The molecule has 1 saturated heterocycles. The molecule has 2 aromatic carbocycles. The smallest absolute Gasteiger partial charge is 0.251 e. The van der Waals surface area contributed by atoms with Gasteiger partial charge in [-0.15, -0.1) is 0 Å². The summed E-state index contributed by atoms with van der Waals surface area (Å²) in [7, 11) is 0. The number of piperidine rings is 1. The van der Waals surface area contributed by atoms with Crippen molar-refractivity contribution in [3.05, 3.63) is 65.7 Å². The van der Waals surface area contributed by atoms with Crippen LogP contribution in [-0.4, -0.2) is 25.0 Å². The van der Waals surface area contributed by atoms with Gasteiger partial charge in [-0.3, -0.25) is 4.79 Å². The maximum atomic E-state index is 12.2. The van der Waals surface area contributed by atoms with Gasteiger partial charge in [-0.2, -0.15) is 0 Å². The lowest BCUT2D eigenvalue weighted by Gasteiger charge is -2.23. The summed E-state index contributed by atoms with van der Waals surface area (Å²) in [6.07, 6.45) is 1.98. The van der Waals surface area contributed by atoms with Gasteiger partial charge in [0.15, 0.2) is 0 Å². The van der Waals surface area contributed by atoms with Crippen molar-refractivity contribution in [2.75, 3.05) is 13.1 Å². The van der Waals surface area contributed by atoms with E-state index in [1.54, 1.807) is 0 Å². The number of hydrogen-bond acceptors (Lipinski definition) is 3. The van der Waals surface area contributed by atoms with Gasteiger partial charge in [0.2, 0.25) is 0 Å². The molecule has 1 heterocycles. The topological polar surface area (TPSA) is 50.4 Å². The summed E-state index contributed by atoms with van der Waals surface area (Å²) in [5, 5.41) is 6.39. The molecule has 1 amide bonds. The van der Waals surface area contributed by atoms with Gasteiger partial charge < -0.3 is 15.4 Å². The van der Waals surface area contributed by atoms with Crippen molar-refractivity contribution in [1.82, 2.24) is 10.6 Å². The van der Waals surface area contributed by atoms with Gasteiger partial charge >= 0.3 is 0 Å². The third kappa shape index (κ3) is 4.57. The van der Waals surface area contributed by atoms with Crippen LogP contribution in [0.5, 0.6) is 5.75 Å². The normalized spacial score (nSPS) is 15.1. The van der Waals surface area contributed by atoms with Gasteiger partial charge in [0.05, 0.1) is 0 Å². The number of carbonyl (C=O) groups excluding carboxylic acids is 1. The minimum absolute atomic E-state index is 0.00786. The number of nitrogens with one attached hydrogen (secondary N) is 2. The van der Waals surface area contributed by atoms with Crippen LogP contribution in [0.2, 0.25) is 0 Å². The van der Waals surface area contributed by atoms with Gasteiger partial charge in [0, 0.05) is 11.6 Å². The first-order valence-electron chi connectivity index (χ1n) is 8.09. The van der Waals surface area contributed by atoms with Crippen LogP contribution in [0.4, 0.5) is 0 Å². The fraction of sp³-hybridized carbons (Fsp3) is 0.316. The van der Waals surface area contributed by atoms with Crippen molar-refractivity contribution in [2.45, 2.75) is 25.5 Å². The summed E-state index contributed by atoms with van der Waals surface area (Å²) < 4.78 is 5.74. The highest BCUT2D eigenvalue weighted by molar-refractivity contribution is 5.94. The van der Waals surface area contributed by atoms with E-state index in [0.29, 0.717) is 12.2 Å². The van der Waals surface area contributed by atoms with Crippen LogP contribution < -0.4 is 15.4 Å². The molecule has 0 aliphatic carbocycles. The van der Waals surface area contributed by atoms with E-state index < -0.39 is 0 Å². The van der Waals surface area contributed by atoms with Crippen LogP contribution >= 0.6 is 0 Å². The van der Waals surface area contributed by atoms with Crippen LogP contribution in [0.3, 0.4) is 0 Å². The Balaban J connectivity index is 1.52. The Morgan fingerprint density at radius 1 is 1.04 bits per heavy atom. The zero-order valence-electron chi connectivity index (χ0n) is 13.1. The second kappa shape index (κ2) is 7.79. The molecule has 1 aliphatic rings. The fourth-order valence-corrected chi connectivity index (χ4v) is 2.68. The van der Waals surface area contributed by atoms with E-state index in [-0.39, 0.29) is 11.9 Å². The van der Waals surface area contributed by atoms with Crippen molar-refractivity contribution in [1.29, 1.82) is 0 Å². The molecule has 1 fully saturated rings. The summed E-state index contributed by atoms with van der Waals surface area (Å²) in [5.41, 5.74) is 1.80. The first kappa shape index (κ1) is 15.6. The van der Waals surface area contributed by atoms with Gasteiger partial charge in [0.1, 0.15) is 12.4 Å². The molecule has 120 valence electrons. The third-order valence-corrected chi connectivity index (χ3v) is 4.04. The average Bonchev–Trinajstić information content (AvgIpc) is 2.62. The molecule has 4 nitrogen and oxygen atoms in total. The maximum absolute atomic E-state index is 12.2. The first-order valence-corrected chi connectivity index (χ1v) is 8.09. The minimum atomic E-state index is -0.00786. The lowest BCUT2D eigenvalue weighted by Crippen LogP contribution is -2.42. The maximum Gasteiger partial charge on any atom is 0.251 e. The molecule has 0 aromatic heterocycles. The lowest BCUT2D eigenvalue weighted by molar-refractivity contribution is 0.0929. The number of amides is 1. The predicted molar refractivity (Wildman–Crippen MR) is 90.6 cm³/mol. The monoisotopic (exact) mass is 310 g/mol. The molecule has 0 atom stereocenters. The van der Waals surface area contributed by atoms with Crippen LogP contribution in [0, 0.1) is 0 Å². The molecule has 0 saturated carbocycles. The number of carbonyl (C=O) groups is 1. The lowest BCUT2D eigenvalue weighted by atomic mass is 10.1. The summed E-state index contributed by atoms with van der Waals surface area (Å²) in [4.78, 5) is 12.2. The van der Waals surface area contributed by atoms with E-state index in [2.05, 4.69) is 10.6 Å². The molecule has 23 heavy (non-hydrogen) atoms. The fourth-order valence-electron chi connectivity index (χ4n) is 2.68. The summed E-state index contributed by atoms with van der Waals surface area (Å²) >= 11 is 0. The number of rotatable bonds is 5. The highest BCUT2D eigenvalue weighted by atomic mass is 16.5. The van der Waals surface area contributed by atoms with Crippen LogP contribution in [0.25, 0.3) is 0 Å². The number of benzene rings is 2. The Labute approximate surface area is 136 Å². The van der Waals surface area contributed by atoms with Crippen LogP contribution in [-0.2, 0) is 6.61 Å². The van der Waals surface area contributed by atoms with Gasteiger partial charge in [0.25, 0.3) is 5.91 Å². The summed E-state index contributed by atoms with van der Waals surface area (Å²) in [5.74, 6) is 0.763. The zero-order chi connectivity index (χ0) is 15.9. The Bertz CT molecular complexity index is 620. The molecule has 0 radical (unpaired) electrons. The van der Waals surface area contributed by atoms with Crippen LogP contribution in [0.15, 0.2) is 54.6 Å². The molecule has 2 N–H and O–H groups in total. The molecular formula is C19H22N2O2. The van der Waals surface area contributed by atoms with Gasteiger partial charge in [-0.1, -0.05) is 30.3 Å². The molecule has 0 bridgehead atoms. The van der Waals surface area contributed by atoms with E-state index in [1.165, 1.54) is 0 Å². The zero-order valence-corrected chi connectivity index (χ0v) is 13.1. The number of hydrogen-bond donors (Lipinski definition) is 2. The van der Waals surface area contributed by atoms with Crippen molar-refractivity contribution >= 4 is 5.91 Å². The molecule has 2 aromatic rings. The predicted octanol–water partition coefficient (Wildman–Crippen LogP) is 2.75. The SMILES string of the molecule is O=C(NC1CCNCC1)c1ccc(OCc2ccccc2)cc1. The van der Waals surface area contributed by atoms with Crippen molar-refractivity contribution < 1.29 is 9.53 Å². The van der Waals surface area contributed by atoms with Gasteiger partial charge in [-0.05, 0) is 55.8 Å². The molecule has 0 spiro atoms. The Hall–Kier alpha value is -2.33. The minimum Gasteiger partial charge on any atom is -0.489 e. The molecule has 3 rings (SSSR count). The summed E-state index contributed by atoms with van der Waals surface area (Å²) in [6.45, 7) is 2.47. The first-order chi connectivity index (χ1) is 11.3. The molecule has 1 aliphatic heterocycles. The second-order valence-corrected chi connectivity index (χ2v) is 5.80. The molecular weight excluding hydrogens is 288 g/mol. The van der Waals surface area contributed by atoms with Crippen molar-refractivity contribution in [3.63, 3.8) is 0 Å². The average molecular weight is 310 g/mol. The molecule has 0 unspecified atom stereocenters. The summed E-state index contributed by atoms with van der Waals surface area (Å²) in [6, 6.07) is 17.6. The Kier molecular flexibility index (Phi) is 5.27. The van der Waals surface area contributed by atoms with E-state index in [0.717, 1.165) is 37.2 Å². The van der Waals surface area contributed by atoms with Crippen molar-refractivity contribution in [3.8, 4) is 5.75 Å². The van der Waals surface area contributed by atoms with E-state index in [1.807, 2.05) is 54.6 Å². The number of ether oxygens (including phenoxy) is 1. The van der Waals surface area contributed by atoms with E-state index in [4.69, 9.17) is 4.74 Å². The van der Waals surface area contributed by atoms with Crippen molar-refractivity contribution in [2.24, 2.45) is 0 Å². The van der Waals surface area contributed by atoms with E-state index >= 15 is 0 Å². The Morgan fingerprint density at radius 2 is 1.74 bits per heavy atom. The molecule has 4 heteroatoms. The quantitative estimate of drug-likeness (QED) is 0.893. The van der Waals surface area contributed by atoms with Gasteiger partial charge in [-0.25, -0.2) is 0 Å². The largest absolute Gasteiger partial charge is 0.489 e. The highest BCUT2D eigenvalue weighted by Crippen LogP contribution is 2.15. The van der Waals surface area contributed by atoms with Crippen LogP contribution in [0.1, 0.15) is 28.8 Å². The Morgan fingerprint density at radius 3 is 2.43 bits per heavy atom. The standard InChI is InChI=1S/C19H22N2O2/c22-19(21-17-10-12-20-13-11-17)16-6-8-18(9-7-16)23-14-15-4-2-1-3-5-15/h1-9,17,20H,10-14H2,(H,21,22). The highest BCUT2D eigenvalue weighted by Gasteiger charge is 2.16. The second-order valence-electron chi connectivity index (χ2n) is 5.80.